The molecule has 0 bridgehead atoms. The molecule has 2 rings (SSSR count). The third kappa shape index (κ3) is 8.67. The van der Waals surface area contributed by atoms with Crippen LogP contribution in [0.15, 0.2) is 53.5 Å². The molecule has 0 saturated carbocycles. The van der Waals surface area contributed by atoms with Crippen molar-refractivity contribution in [3.8, 4) is 0 Å². The highest BCUT2D eigenvalue weighted by Crippen LogP contribution is 2.12. The van der Waals surface area contributed by atoms with Gasteiger partial charge in [-0.05, 0) is 31.0 Å². The Labute approximate surface area is 189 Å². The minimum atomic E-state index is -3.42. The Hall–Kier alpha value is -1.72. The molecular formula is C20H28FIN4O2S. The lowest BCUT2D eigenvalue weighted by Crippen LogP contribution is -2.37. The molecule has 0 radical (unpaired) electrons. The van der Waals surface area contributed by atoms with Gasteiger partial charge in [-0.3, -0.25) is 4.99 Å². The molecule has 0 aliphatic rings. The molecule has 0 saturated heterocycles. The molecule has 9 heteroatoms. The number of guanidine groups is 1. The Morgan fingerprint density at radius 3 is 2.03 bits per heavy atom. The normalized spacial score (nSPS) is 11.8. The lowest BCUT2D eigenvalue weighted by atomic mass is 10.1. The first kappa shape index (κ1) is 25.3. The summed E-state index contributed by atoms with van der Waals surface area (Å²) < 4.78 is 40.8. The fraction of sp³-hybridized carbons (Fsp3) is 0.350. The molecule has 0 spiro atoms. The average Bonchev–Trinajstić information content (AvgIpc) is 2.63. The van der Waals surface area contributed by atoms with Crippen molar-refractivity contribution in [1.29, 1.82) is 0 Å². The van der Waals surface area contributed by atoms with Gasteiger partial charge >= 0.3 is 0 Å². The number of nitrogens with one attached hydrogen (secondary N) is 3. The van der Waals surface area contributed by atoms with Crippen molar-refractivity contribution in [3.05, 3.63) is 71.0 Å². The van der Waals surface area contributed by atoms with Gasteiger partial charge in [0.15, 0.2) is 5.96 Å². The van der Waals surface area contributed by atoms with E-state index in [-0.39, 0.29) is 41.6 Å². The van der Waals surface area contributed by atoms with E-state index in [1.165, 1.54) is 6.07 Å². The molecule has 0 aliphatic heterocycles. The van der Waals surface area contributed by atoms with Crippen LogP contribution in [0.3, 0.4) is 0 Å². The zero-order valence-corrected chi connectivity index (χ0v) is 19.9. The number of rotatable bonds is 8. The van der Waals surface area contributed by atoms with Gasteiger partial charge in [-0.2, -0.15) is 0 Å². The molecule has 0 atom stereocenters. The number of halogens is 2. The zero-order valence-electron chi connectivity index (χ0n) is 16.8. The standard InChI is InChI=1S/C20H27FN4O2S.HI/c1-15(2)25-28(26,27)14-18-10-5-4-8-16(18)12-23-20(22-3)24-13-17-9-6-7-11-19(17)21;/h4-11,15,25H,12-14H2,1-3H3,(H2,22,23,24);1H. The predicted molar refractivity (Wildman–Crippen MR) is 126 cm³/mol. The van der Waals surface area contributed by atoms with E-state index in [2.05, 4.69) is 20.3 Å². The van der Waals surface area contributed by atoms with Crippen molar-refractivity contribution in [1.82, 2.24) is 15.4 Å². The first-order valence-corrected chi connectivity index (χ1v) is 10.7. The summed E-state index contributed by atoms with van der Waals surface area (Å²) in [4.78, 5) is 4.13. The van der Waals surface area contributed by atoms with E-state index in [1.807, 2.05) is 18.2 Å². The molecule has 2 aromatic rings. The summed E-state index contributed by atoms with van der Waals surface area (Å²) in [6, 6.07) is 13.7. The summed E-state index contributed by atoms with van der Waals surface area (Å²) in [6.07, 6.45) is 0. The maximum absolute atomic E-state index is 13.7. The van der Waals surface area contributed by atoms with Crippen LogP contribution in [0.2, 0.25) is 0 Å². The van der Waals surface area contributed by atoms with E-state index in [0.29, 0.717) is 30.2 Å². The van der Waals surface area contributed by atoms with E-state index in [9.17, 15) is 12.8 Å². The Bertz CT molecular complexity index is 920. The fourth-order valence-electron chi connectivity index (χ4n) is 2.70. The van der Waals surface area contributed by atoms with Crippen LogP contribution in [0.4, 0.5) is 4.39 Å². The van der Waals surface area contributed by atoms with Crippen LogP contribution in [0, 0.1) is 5.82 Å². The lowest BCUT2D eigenvalue weighted by molar-refractivity contribution is 0.568. The van der Waals surface area contributed by atoms with Crippen molar-refractivity contribution in [3.63, 3.8) is 0 Å². The topological polar surface area (TPSA) is 82.6 Å². The van der Waals surface area contributed by atoms with Crippen LogP contribution in [-0.2, 0) is 28.9 Å². The van der Waals surface area contributed by atoms with Gasteiger partial charge in [0, 0.05) is 31.7 Å². The Balaban J connectivity index is 0.00000420. The lowest BCUT2D eigenvalue weighted by Gasteiger charge is -2.15. The van der Waals surface area contributed by atoms with Gasteiger partial charge in [0.25, 0.3) is 0 Å². The highest BCUT2D eigenvalue weighted by Gasteiger charge is 2.15. The molecule has 0 amide bonds. The first-order chi connectivity index (χ1) is 13.3. The molecule has 3 N–H and O–H groups in total. The second-order valence-corrected chi connectivity index (χ2v) is 8.42. The fourth-order valence-corrected chi connectivity index (χ4v) is 4.19. The minimum Gasteiger partial charge on any atom is -0.352 e. The molecular weight excluding hydrogens is 506 g/mol. The highest BCUT2D eigenvalue weighted by molar-refractivity contribution is 14.0. The van der Waals surface area contributed by atoms with E-state index in [0.717, 1.165) is 5.56 Å². The molecule has 160 valence electrons. The van der Waals surface area contributed by atoms with Crippen molar-refractivity contribution < 1.29 is 12.8 Å². The highest BCUT2D eigenvalue weighted by atomic mass is 127. The number of aliphatic imine (C=N–C) groups is 1. The zero-order chi connectivity index (χ0) is 20.6. The molecule has 0 unspecified atom stereocenters. The summed E-state index contributed by atoms with van der Waals surface area (Å²) in [7, 11) is -1.79. The maximum atomic E-state index is 13.7. The van der Waals surface area contributed by atoms with Gasteiger partial charge in [0.1, 0.15) is 5.82 Å². The molecule has 0 aromatic heterocycles. The number of hydrogen-bond acceptors (Lipinski definition) is 3. The van der Waals surface area contributed by atoms with Crippen molar-refractivity contribution >= 4 is 40.0 Å². The van der Waals surface area contributed by atoms with Gasteiger partial charge in [-0.25, -0.2) is 17.5 Å². The monoisotopic (exact) mass is 534 g/mol. The van der Waals surface area contributed by atoms with Crippen molar-refractivity contribution in [2.45, 2.75) is 38.7 Å². The maximum Gasteiger partial charge on any atom is 0.216 e. The Morgan fingerprint density at radius 2 is 1.48 bits per heavy atom. The quantitative estimate of drug-likeness (QED) is 0.276. The van der Waals surface area contributed by atoms with E-state index < -0.39 is 10.0 Å². The predicted octanol–water partition coefficient (Wildman–Crippen LogP) is 3.14. The van der Waals surface area contributed by atoms with Gasteiger partial charge in [0.05, 0.1) is 5.75 Å². The van der Waals surface area contributed by atoms with Crippen LogP contribution in [0.1, 0.15) is 30.5 Å². The summed E-state index contributed by atoms with van der Waals surface area (Å²) in [5.74, 6) is 0.129. The van der Waals surface area contributed by atoms with Gasteiger partial charge in [0.2, 0.25) is 10.0 Å². The Morgan fingerprint density at radius 1 is 0.966 bits per heavy atom. The smallest absolute Gasteiger partial charge is 0.216 e. The summed E-state index contributed by atoms with van der Waals surface area (Å²) in [6.45, 7) is 4.26. The van der Waals surface area contributed by atoms with E-state index in [1.54, 1.807) is 45.2 Å². The number of nitrogens with zero attached hydrogens (tertiary/aromatic N) is 1. The van der Waals surface area contributed by atoms with Crippen LogP contribution in [-0.4, -0.2) is 27.5 Å². The molecule has 29 heavy (non-hydrogen) atoms. The molecule has 0 fully saturated rings. The van der Waals surface area contributed by atoms with Gasteiger partial charge in [-0.15, -0.1) is 24.0 Å². The third-order valence-electron chi connectivity index (χ3n) is 3.95. The number of benzene rings is 2. The van der Waals surface area contributed by atoms with E-state index in [4.69, 9.17) is 0 Å². The number of hydrogen-bond donors (Lipinski definition) is 3. The SMILES string of the molecule is CN=C(NCc1ccccc1F)NCc1ccccc1CS(=O)(=O)NC(C)C.I. The van der Waals surface area contributed by atoms with Crippen LogP contribution < -0.4 is 15.4 Å². The second kappa shape index (κ2) is 12.1. The van der Waals surface area contributed by atoms with Crippen LogP contribution in [0.5, 0.6) is 0 Å². The molecule has 0 heterocycles. The molecule has 0 aliphatic carbocycles. The average molecular weight is 534 g/mol. The van der Waals surface area contributed by atoms with Gasteiger partial charge < -0.3 is 10.6 Å². The largest absolute Gasteiger partial charge is 0.352 e. The molecule has 6 nitrogen and oxygen atoms in total. The van der Waals surface area contributed by atoms with Crippen molar-refractivity contribution in [2.24, 2.45) is 4.99 Å². The molecule has 2 aromatic carbocycles. The van der Waals surface area contributed by atoms with E-state index >= 15 is 0 Å². The van der Waals surface area contributed by atoms with Crippen LogP contribution in [0.25, 0.3) is 0 Å². The summed E-state index contributed by atoms with van der Waals surface area (Å²) in [5.41, 5.74) is 2.11. The summed E-state index contributed by atoms with van der Waals surface area (Å²) in [5, 5.41) is 6.20. The minimum absolute atomic E-state index is 0. The van der Waals surface area contributed by atoms with Gasteiger partial charge in [-0.1, -0.05) is 42.5 Å². The number of sulfonamides is 1. The second-order valence-electron chi connectivity index (χ2n) is 6.67. The third-order valence-corrected chi connectivity index (χ3v) is 5.47. The Kier molecular flexibility index (Phi) is 10.5. The summed E-state index contributed by atoms with van der Waals surface area (Å²) >= 11 is 0. The first-order valence-electron chi connectivity index (χ1n) is 9.05. The van der Waals surface area contributed by atoms with Crippen LogP contribution >= 0.6 is 24.0 Å². The van der Waals surface area contributed by atoms with Crippen molar-refractivity contribution in [2.75, 3.05) is 7.05 Å².